The van der Waals surface area contributed by atoms with Crippen LogP contribution in [-0.4, -0.2) is 39.3 Å². The molecule has 1 amide bonds. The summed E-state index contributed by atoms with van der Waals surface area (Å²) in [6, 6.07) is 10.4. The van der Waals surface area contributed by atoms with Gasteiger partial charge in [-0.2, -0.15) is 0 Å². The lowest BCUT2D eigenvalue weighted by Gasteiger charge is -2.19. The van der Waals surface area contributed by atoms with E-state index in [-0.39, 0.29) is 11.7 Å². The van der Waals surface area contributed by atoms with E-state index in [1.165, 1.54) is 0 Å². The number of pyridine rings is 1. The summed E-state index contributed by atoms with van der Waals surface area (Å²) in [4.78, 5) is 35.4. The van der Waals surface area contributed by atoms with Crippen molar-refractivity contribution in [3.8, 4) is 0 Å². The second kappa shape index (κ2) is 8.47. The maximum absolute atomic E-state index is 12.4. The lowest BCUT2D eigenvalue weighted by molar-refractivity contribution is 0.102. The van der Waals surface area contributed by atoms with Crippen molar-refractivity contribution in [3.63, 3.8) is 0 Å². The molecule has 0 saturated heterocycles. The van der Waals surface area contributed by atoms with Gasteiger partial charge in [0.05, 0.1) is 5.56 Å². The van der Waals surface area contributed by atoms with Gasteiger partial charge in [-0.1, -0.05) is 0 Å². The van der Waals surface area contributed by atoms with E-state index in [0.29, 0.717) is 22.6 Å². The standard InChI is InChI=1S/C21H23N5O2/c1-4-26(5-2)18-11-8-16(14-23-18)21(28)24-17-9-6-15(7-10-17)19(27)20-22-12-13-25(20)3/h6-14H,4-5H2,1-3H3,(H,24,28). The number of aryl methyl sites for hydroxylation is 1. The molecular weight excluding hydrogens is 354 g/mol. The fraction of sp³-hybridized carbons (Fsp3) is 0.238. The second-order valence-electron chi connectivity index (χ2n) is 6.30. The zero-order valence-electron chi connectivity index (χ0n) is 16.2. The van der Waals surface area contributed by atoms with Crippen molar-refractivity contribution in [2.24, 2.45) is 7.05 Å². The highest BCUT2D eigenvalue weighted by molar-refractivity contribution is 6.07. The van der Waals surface area contributed by atoms with Crippen LogP contribution in [0.2, 0.25) is 0 Å². The third-order valence-electron chi connectivity index (χ3n) is 4.53. The Morgan fingerprint density at radius 3 is 2.21 bits per heavy atom. The fourth-order valence-corrected chi connectivity index (χ4v) is 2.88. The largest absolute Gasteiger partial charge is 0.357 e. The van der Waals surface area contributed by atoms with E-state index in [9.17, 15) is 9.59 Å². The van der Waals surface area contributed by atoms with Crippen molar-refractivity contribution in [1.29, 1.82) is 0 Å². The van der Waals surface area contributed by atoms with Gasteiger partial charge in [-0.3, -0.25) is 9.59 Å². The highest BCUT2D eigenvalue weighted by Gasteiger charge is 2.14. The maximum atomic E-state index is 12.4. The Kier molecular flexibility index (Phi) is 5.84. The number of amides is 1. The van der Waals surface area contributed by atoms with Gasteiger partial charge in [-0.15, -0.1) is 0 Å². The predicted octanol–water partition coefficient (Wildman–Crippen LogP) is 3.14. The molecule has 0 atom stereocenters. The van der Waals surface area contributed by atoms with Gasteiger partial charge < -0.3 is 14.8 Å². The summed E-state index contributed by atoms with van der Waals surface area (Å²) in [6.07, 6.45) is 4.88. The van der Waals surface area contributed by atoms with Gasteiger partial charge in [0.2, 0.25) is 5.78 Å². The van der Waals surface area contributed by atoms with E-state index in [2.05, 4.69) is 34.0 Å². The van der Waals surface area contributed by atoms with Crippen LogP contribution < -0.4 is 10.2 Å². The molecule has 0 fully saturated rings. The average molecular weight is 377 g/mol. The summed E-state index contributed by atoms with van der Waals surface area (Å²) >= 11 is 0. The zero-order valence-corrected chi connectivity index (χ0v) is 16.2. The molecule has 0 spiro atoms. The summed E-state index contributed by atoms with van der Waals surface area (Å²) in [5.41, 5.74) is 1.59. The number of aromatic nitrogens is 3. The Morgan fingerprint density at radius 1 is 1.00 bits per heavy atom. The Balaban J connectivity index is 1.67. The minimum atomic E-state index is -0.248. The summed E-state index contributed by atoms with van der Waals surface area (Å²) in [6.45, 7) is 5.85. The zero-order chi connectivity index (χ0) is 20.1. The number of carbonyl (C=O) groups is 2. The number of hydrogen-bond acceptors (Lipinski definition) is 5. The molecule has 0 saturated carbocycles. The van der Waals surface area contributed by atoms with Crippen LogP contribution in [0.1, 0.15) is 40.4 Å². The molecule has 1 aromatic carbocycles. The van der Waals surface area contributed by atoms with E-state index < -0.39 is 0 Å². The van der Waals surface area contributed by atoms with Gasteiger partial charge in [0, 0.05) is 50.0 Å². The number of imidazole rings is 1. The van der Waals surface area contributed by atoms with Crippen molar-refractivity contribution >= 4 is 23.2 Å². The van der Waals surface area contributed by atoms with Gasteiger partial charge in [0.15, 0.2) is 5.82 Å². The lowest BCUT2D eigenvalue weighted by Crippen LogP contribution is -2.23. The molecule has 2 heterocycles. The van der Waals surface area contributed by atoms with Crippen LogP contribution in [0.15, 0.2) is 55.0 Å². The second-order valence-corrected chi connectivity index (χ2v) is 6.30. The molecule has 0 aliphatic rings. The first-order chi connectivity index (χ1) is 13.5. The molecule has 3 rings (SSSR count). The first kappa shape index (κ1) is 19.3. The maximum Gasteiger partial charge on any atom is 0.257 e. The highest BCUT2D eigenvalue weighted by Crippen LogP contribution is 2.15. The topological polar surface area (TPSA) is 80.1 Å². The first-order valence-corrected chi connectivity index (χ1v) is 9.18. The van der Waals surface area contributed by atoms with E-state index in [1.807, 2.05) is 6.07 Å². The normalized spacial score (nSPS) is 10.5. The Bertz CT molecular complexity index is 957. The van der Waals surface area contributed by atoms with Gasteiger partial charge in [0.1, 0.15) is 5.82 Å². The number of rotatable bonds is 7. The van der Waals surface area contributed by atoms with Crippen LogP contribution in [0.25, 0.3) is 0 Å². The number of carbonyl (C=O) groups excluding carboxylic acids is 2. The Labute approximate surface area is 164 Å². The summed E-state index contributed by atoms with van der Waals surface area (Å²) < 4.78 is 1.67. The van der Waals surface area contributed by atoms with Crippen LogP contribution in [0.5, 0.6) is 0 Å². The molecule has 1 N–H and O–H groups in total. The van der Waals surface area contributed by atoms with E-state index in [0.717, 1.165) is 18.9 Å². The number of ketones is 1. The molecule has 0 unspecified atom stereocenters. The van der Waals surface area contributed by atoms with Crippen LogP contribution in [0.3, 0.4) is 0 Å². The molecular formula is C21H23N5O2. The van der Waals surface area contributed by atoms with Gasteiger partial charge >= 0.3 is 0 Å². The summed E-state index contributed by atoms with van der Waals surface area (Å²) in [5.74, 6) is 0.804. The molecule has 3 aromatic rings. The van der Waals surface area contributed by atoms with Gasteiger partial charge in [0.25, 0.3) is 5.91 Å². The number of benzene rings is 1. The molecule has 28 heavy (non-hydrogen) atoms. The van der Waals surface area contributed by atoms with Crippen LogP contribution in [-0.2, 0) is 7.05 Å². The van der Waals surface area contributed by atoms with Crippen molar-refractivity contribution in [2.75, 3.05) is 23.3 Å². The number of hydrogen-bond donors (Lipinski definition) is 1. The summed E-state index contributed by atoms with van der Waals surface area (Å²) in [5, 5.41) is 2.82. The predicted molar refractivity (Wildman–Crippen MR) is 109 cm³/mol. The molecule has 7 nitrogen and oxygen atoms in total. The fourth-order valence-electron chi connectivity index (χ4n) is 2.88. The molecule has 0 radical (unpaired) electrons. The number of anilines is 2. The van der Waals surface area contributed by atoms with Crippen molar-refractivity contribution in [1.82, 2.24) is 14.5 Å². The molecule has 7 heteroatoms. The van der Waals surface area contributed by atoms with Crippen molar-refractivity contribution in [2.45, 2.75) is 13.8 Å². The third kappa shape index (κ3) is 4.09. The first-order valence-electron chi connectivity index (χ1n) is 9.18. The van der Waals surface area contributed by atoms with Crippen molar-refractivity contribution < 1.29 is 9.59 Å². The molecule has 2 aromatic heterocycles. The quantitative estimate of drug-likeness (QED) is 0.640. The molecule has 0 bridgehead atoms. The number of nitrogens with zero attached hydrogens (tertiary/aromatic N) is 4. The van der Waals surface area contributed by atoms with Crippen LogP contribution in [0, 0.1) is 0 Å². The smallest absolute Gasteiger partial charge is 0.257 e. The minimum absolute atomic E-state index is 0.165. The monoisotopic (exact) mass is 377 g/mol. The lowest BCUT2D eigenvalue weighted by atomic mass is 10.1. The van der Waals surface area contributed by atoms with E-state index in [1.54, 1.807) is 60.5 Å². The Hall–Kier alpha value is -3.48. The van der Waals surface area contributed by atoms with Gasteiger partial charge in [-0.25, -0.2) is 9.97 Å². The van der Waals surface area contributed by atoms with E-state index in [4.69, 9.17) is 0 Å². The summed E-state index contributed by atoms with van der Waals surface area (Å²) in [7, 11) is 1.77. The minimum Gasteiger partial charge on any atom is -0.357 e. The third-order valence-corrected chi connectivity index (χ3v) is 4.53. The average Bonchev–Trinajstić information content (AvgIpc) is 3.15. The molecule has 0 aliphatic carbocycles. The van der Waals surface area contributed by atoms with Crippen LogP contribution in [0.4, 0.5) is 11.5 Å². The number of nitrogens with one attached hydrogen (secondary N) is 1. The SMILES string of the molecule is CCN(CC)c1ccc(C(=O)Nc2ccc(C(=O)c3nccn3C)cc2)cn1. The van der Waals surface area contributed by atoms with Crippen molar-refractivity contribution in [3.05, 3.63) is 71.9 Å². The molecule has 144 valence electrons. The van der Waals surface area contributed by atoms with Gasteiger partial charge in [-0.05, 0) is 50.2 Å². The highest BCUT2D eigenvalue weighted by atomic mass is 16.1. The Morgan fingerprint density at radius 2 is 1.68 bits per heavy atom. The van der Waals surface area contributed by atoms with E-state index >= 15 is 0 Å². The van der Waals surface area contributed by atoms with Crippen LogP contribution >= 0.6 is 0 Å². The molecule has 0 aliphatic heterocycles.